The van der Waals surface area contributed by atoms with E-state index in [-0.39, 0.29) is 22.8 Å². The molecule has 0 atom stereocenters. The minimum atomic E-state index is -0.197. The normalized spacial score (nSPS) is 27.0. The van der Waals surface area contributed by atoms with Crippen molar-refractivity contribution >= 4 is 11.9 Å². The average molecular weight is 402 g/mol. The van der Waals surface area contributed by atoms with Gasteiger partial charge in [0.2, 0.25) is 5.91 Å². The number of hydrogen-bond acceptors (Lipinski definition) is 5. The molecule has 1 aromatic rings. The van der Waals surface area contributed by atoms with Gasteiger partial charge in [-0.05, 0) is 63.7 Å². The van der Waals surface area contributed by atoms with Gasteiger partial charge < -0.3 is 9.64 Å². The molecule has 0 N–H and O–H groups in total. The average Bonchev–Trinajstić information content (AvgIpc) is 3.03. The smallest absolute Gasteiger partial charge is 0.307 e. The maximum atomic E-state index is 12.6. The van der Waals surface area contributed by atoms with Crippen molar-refractivity contribution in [3.05, 3.63) is 30.1 Å². The molecule has 0 radical (unpaired) electrons. The molecule has 1 aromatic heterocycles. The van der Waals surface area contributed by atoms with E-state index in [1.807, 2.05) is 17.2 Å². The number of pyridine rings is 1. The third-order valence-corrected chi connectivity index (χ3v) is 6.89. The molecule has 0 bridgehead atoms. The first kappa shape index (κ1) is 21.8. The second-order valence-corrected chi connectivity index (χ2v) is 8.96. The minimum Gasteiger partial charge on any atom is -0.466 e. The molecule has 2 heterocycles. The first-order valence-electron chi connectivity index (χ1n) is 10.9. The Morgan fingerprint density at radius 1 is 1.24 bits per heavy atom. The zero-order chi connectivity index (χ0) is 20.9. The third-order valence-electron chi connectivity index (χ3n) is 6.89. The maximum absolute atomic E-state index is 12.6. The molecule has 1 amide bonds. The number of esters is 1. The predicted octanol–water partition coefficient (Wildman–Crippen LogP) is 3.36. The summed E-state index contributed by atoms with van der Waals surface area (Å²) < 4.78 is 5.23. The number of rotatable bonds is 8. The van der Waals surface area contributed by atoms with Gasteiger partial charge in [-0.3, -0.25) is 19.5 Å². The zero-order valence-corrected chi connectivity index (χ0v) is 18.2. The van der Waals surface area contributed by atoms with Crippen LogP contribution in [-0.4, -0.2) is 60.5 Å². The number of carbonyl (C=O) groups excluding carboxylic acids is 2. The quantitative estimate of drug-likeness (QED) is 0.494. The van der Waals surface area contributed by atoms with E-state index in [4.69, 9.17) is 4.74 Å². The summed E-state index contributed by atoms with van der Waals surface area (Å²) in [5.74, 6) is -0.0147. The SMILES string of the molecule is CCCCOC(=O)CCN1C[C@]2(CC[C@@](c3ccccn3)(N(C)C)CC2)CC1=O. The number of nitrogens with zero attached hydrogens (tertiary/aromatic N) is 3. The molecular formula is C23H35N3O3. The molecule has 1 saturated carbocycles. The fourth-order valence-corrected chi connectivity index (χ4v) is 4.91. The second-order valence-electron chi connectivity index (χ2n) is 8.96. The van der Waals surface area contributed by atoms with Crippen molar-refractivity contribution in [1.29, 1.82) is 0 Å². The van der Waals surface area contributed by atoms with Gasteiger partial charge in [0.05, 0.1) is 24.3 Å². The van der Waals surface area contributed by atoms with Crippen LogP contribution in [0.15, 0.2) is 24.4 Å². The fraction of sp³-hybridized carbons (Fsp3) is 0.696. The van der Waals surface area contributed by atoms with Crippen molar-refractivity contribution in [3.8, 4) is 0 Å². The van der Waals surface area contributed by atoms with Crippen molar-refractivity contribution in [2.24, 2.45) is 5.41 Å². The summed E-state index contributed by atoms with van der Waals surface area (Å²) in [6.07, 6.45) is 8.66. The van der Waals surface area contributed by atoms with Gasteiger partial charge in [-0.25, -0.2) is 0 Å². The van der Waals surface area contributed by atoms with Crippen LogP contribution >= 0.6 is 0 Å². The molecule has 2 fully saturated rings. The summed E-state index contributed by atoms with van der Waals surface area (Å²) in [7, 11) is 4.26. The van der Waals surface area contributed by atoms with Crippen molar-refractivity contribution in [2.45, 2.75) is 63.8 Å². The van der Waals surface area contributed by atoms with Crippen molar-refractivity contribution < 1.29 is 14.3 Å². The second kappa shape index (κ2) is 9.24. The standard InChI is InChI=1S/C23H35N3O3/c1-4-5-16-29-21(28)9-15-26-18-22(17-20(26)27)10-12-23(13-11-22,25(2)3)19-8-6-7-14-24-19/h6-8,14H,4-5,9-13,15-18H2,1-3H3/t22-,23+. The highest BCUT2D eigenvalue weighted by Gasteiger charge is 2.50. The van der Waals surface area contributed by atoms with E-state index in [0.717, 1.165) is 50.8 Å². The summed E-state index contributed by atoms with van der Waals surface area (Å²) in [6.45, 7) is 3.79. The Kier molecular flexibility index (Phi) is 6.93. The Bertz CT molecular complexity index is 697. The van der Waals surface area contributed by atoms with Gasteiger partial charge in [-0.15, -0.1) is 0 Å². The summed E-state index contributed by atoms with van der Waals surface area (Å²) in [5.41, 5.74) is 1.10. The Balaban J connectivity index is 1.58. The molecule has 1 aliphatic carbocycles. The lowest BCUT2D eigenvalue weighted by Gasteiger charge is -2.48. The van der Waals surface area contributed by atoms with Gasteiger partial charge in [-0.2, -0.15) is 0 Å². The van der Waals surface area contributed by atoms with Crippen LogP contribution in [0, 0.1) is 5.41 Å². The van der Waals surface area contributed by atoms with Crippen molar-refractivity contribution in [1.82, 2.24) is 14.8 Å². The molecule has 3 rings (SSSR count). The Morgan fingerprint density at radius 3 is 2.62 bits per heavy atom. The molecule has 6 heteroatoms. The highest BCUT2D eigenvalue weighted by atomic mass is 16.5. The zero-order valence-electron chi connectivity index (χ0n) is 18.2. The van der Waals surface area contributed by atoms with E-state index in [2.05, 4.69) is 43.0 Å². The largest absolute Gasteiger partial charge is 0.466 e. The van der Waals surface area contributed by atoms with Gasteiger partial charge in [0.15, 0.2) is 0 Å². The van der Waals surface area contributed by atoms with E-state index in [1.54, 1.807) is 0 Å². The molecule has 29 heavy (non-hydrogen) atoms. The number of hydrogen-bond donors (Lipinski definition) is 0. The molecule has 1 spiro atoms. The number of ether oxygens (including phenoxy) is 1. The highest BCUT2D eigenvalue weighted by Crippen LogP contribution is 2.51. The Hall–Kier alpha value is -1.95. The number of unbranched alkanes of at least 4 members (excludes halogenated alkanes) is 1. The first-order chi connectivity index (χ1) is 13.9. The van der Waals surface area contributed by atoms with Crippen LogP contribution in [0.1, 0.15) is 64.0 Å². The van der Waals surface area contributed by atoms with Crippen LogP contribution in [0.25, 0.3) is 0 Å². The van der Waals surface area contributed by atoms with Crippen LogP contribution in [0.3, 0.4) is 0 Å². The number of aromatic nitrogens is 1. The van der Waals surface area contributed by atoms with Crippen molar-refractivity contribution in [2.75, 3.05) is 33.8 Å². The number of carbonyl (C=O) groups is 2. The van der Waals surface area contributed by atoms with Crippen LogP contribution in [0.2, 0.25) is 0 Å². The van der Waals surface area contributed by atoms with Gasteiger partial charge in [0, 0.05) is 25.7 Å². The van der Waals surface area contributed by atoms with Crippen molar-refractivity contribution in [3.63, 3.8) is 0 Å². The Morgan fingerprint density at radius 2 is 2.00 bits per heavy atom. The molecular weight excluding hydrogens is 366 g/mol. The van der Waals surface area contributed by atoms with E-state index in [9.17, 15) is 9.59 Å². The molecule has 6 nitrogen and oxygen atoms in total. The lowest BCUT2D eigenvalue weighted by molar-refractivity contribution is -0.144. The van der Waals surface area contributed by atoms with Gasteiger partial charge in [0.1, 0.15) is 0 Å². The highest BCUT2D eigenvalue weighted by molar-refractivity contribution is 5.80. The topological polar surface area (TPSA) is 62.7 Å². The predicted molar refractivity (Wildman–Crippen MR) is 112 cm³/mol. The van der Waals surface area contributed by atoms with Crippen LogP contribution in [0.4, 0.5) is 0 Å². The molecule has 0 unspecified atom stereocenters. The molecule has 160 valence electrons. The summed E-state index contributed by atoms with van der Waals surface area (Å²) in [6, 6.07) is 6.13. The maximum Gasteiger partial charge on any atom is 0.307 e. The van der Waals surface area contributed by atoms with Crippen LogP contribution in [-0.2, 0) is 19.9 Å². The van der Waals surface area contributed by atoms with Gasteiger partial charge >= 0.3 is 5.97 Å². The van der Waals surface area contributed by atoms with E-state index >= 15 is 0 Å². The monoisotopic (exact) mass is 401 g/mol. The van der Waals surface area contributed by atoms with Crippen LogP contribution < -0.4 is 0 Å². The minimum absolute atomic E-state index is 0.0392. The Labute approximate surface area is 174 Å². The summed E-state index contributed by atoms with van der Waals surface area (Å²) in [5, 5.41) is 0. The van der Waals surface area contributed by atoms with E-state index in [1.165, 1.54) is 0 Å². The summed E-state index contributed by atoms with van der Waals surface area (Å²) in [4.78, 5) is 33.4. The third kappa shape index (κ3) is 4.80. The molecule has 1 saturated heterocycles. The lowest BCUT2D eigenvalue weighted by atomic mass is 9.65. The molecule has 0 aromatic carbocycles. The lowest BCUT2D eigenvalue weighted by Crippen LogP contribution is -2.48. The summed E-state index contributed by atoms with van der Waals surface area (Å²) >= 11 is 0. The van der Waals surface area contributed by atoms with E-state index in [0.29, 0.717) is 26.0 Å². The van der Waals surface area contributed by atoms with E-state index < -0.39 is 0 Å². The first-order valence-corrected chi connectivity index (χ1v) is 10.9. The fourth-order valence-electron chi connectivity index (χ4n) is 4.91. The number of amides is 1. The van der Waals surface area contributed by atoms with Gasteiger partial charge in [0.25, 0.3) is 0 Å². The van der Waals surface area contributed by atoms with Crippen LogP contribution in [0.5, 0.6) is 0 Å². The van der Waals surface area contributed by atoms with Gasteiger partial charge in [-0.1, -0.05) is 19.4 Å². The molecule has 2 aliphatic rings. The molecule has 1 aliphatic heterocycles. The number of likely N-dealkylation sites (tertiary alicyclic amines) is 1.